The van der Waals surface area contributed by atoms with E-state index in [1.54, 1.807) is 7.11 Å². The highest BCUT2D eigenvalue weighted by molar-refractivity contribution is 5.97. The summed E-state index contributed by atoms with van der Waals surface area (Å²) in [4.78, 5) is 11.2. The molecule has 1 aromatic heterocycles. The van der Waals surface area contributed by atoms with Crippen molar-refractivity contribution in [2.75, 3.05) is 7.11 Å². The van der Waals surface area contributed by atoms with Crippen LogP contribution in [0.25, 0.3) is 10.9 Å². The summed E-state index contributed by atoms with van der Waals surface area (Å²) in [6, 6.07) is 15.9. The number of hydrogen-bond donors (Lipinski definition) is 0. The Labute approximate surface area is 117 Å². The Kier molecular flexibility index (Phi) is 3.25. The average Bonchev–Trinajstić information content (AvgIpc) is 2.86. The number of para-hydroxylation sites is 1. The fourth-order valence-electron chi connectivity index (χ4n) is 2.47. The molecule has 0 aliphatic carbocycles. The second-order valence-electron chi connectivity index (χ2n) is 4.70. The molecule has 0 atom stereocenters. The molecule has 100 valence electrons. The van der Waals surface area contributed by atoms with Crippen LogP contribution in [0, 0.1) is 0 Å². The van der Waals surface area contributed by atoms with E-state index in [1.807, 2.05) is 48.7 Å². The highest BCUT2D eigenvalue weighted by atomic mass is 16.5. The van der Waals surface area contributed by atoms with Crippen molar-refractivity contribution in [1.82, 2.24) is 4.57 Å². The van der Waals surface area contributed by atoms with E-state index in [2.05, 4.69) is 10.6 Å². The van der Waals surface area contributed by atoms with Crippen LogP contribution in [0.2, 0.25) is 0 Å². The zero-order valence-corrected chi connectivity index (χ0v) is 11.2. The third-order valence-electron chi connectivity index (χ3n) is 3.43. The maximum Gasteiger partial charge on any atom is 0.152 e. The fourth-order valence-corrected chi connectivity index (χ4v) is 2.47. The normalized spacial score (nSPS) is 10.7. The van der Waals surface area contributed by atoms with Crippen LogP contribution >= 0.6 is 0 Å². The van der Waals surface area contributed by atoms with E-state index in [-0.39, 0.29) is 0 Å². The van der Waals surface area contributed by atoms with Crippen molar-refractivity contribution in [1.29, 1.82) is 0 Å². The first-order chi connectivity index (χ1) is 9.81. The van der Waals surface area contributed by atoms with Gasteiger partial charge in [0.15, 0.2) is 6.29 Å². The predicted molar refractivity (Wildman–Crippen MR) is 79.4 cm³/mol. The summed E-state index contributed by atoms with van der Waals surface area (Å²) < 4.78 is 7.33. The molecule has 3 nitrogen and oxygen atoms in total. The van der Waals surface area contributed by atoms with Crippen molar-refractivity contribution >= 4 is 17.2 Å². The van der Waals surface area contributed by atoms with Crippen molar-refractivity contribution in [2.24, 2.45) is 0 Å². The number of methoxy groups -OCH3 is 1. The van der Waals surface area contributed by atoms with E-state index >= 15 is 0 Å². The third-order valence-corrected chi connectivity index (χ3v) is 3.43. The molecule has 2 aromatic carbocycles. The topological polar surface area (TPSA) is 31.2 Å². The van der Waals surface area contributed by atoms with Crippen molar-refractivity contribution in [3.05, 3.63) is 65.9 Å². The Hall–Kier alpha value is -2.55. The summed E-state index contributed by atoms with van der Waals surface area (Å²) in [6.07, 6.45) is 2.81. The van der Waals surface area contributed by atoms with Gasteiger partial charge >= 0.3 is 0 Å². The Morgan fingerprint density at radius 2 is 2.00 bits per heavy atom. The maximum absolute atomic E-state index is 11.2. The number of carbonyl (C=O) groups is 1. The Morgan fingerprint density at radius 3 is 2.80 bits per heavy atom. The minimum absolute atomic E-state index is 0.714. The van der Waals surface area contributed by atoms with Gasteiger partial charge < -0.3 is 9.30 Å². The molecule has 0 N–H and O–H groups in total. The molecular weight excluding hydrogens is 250 g/mol. The number of ether oxygens (including phenoxy) is 1. The molecule has 20 heavy (non-hydrogen) atoms. The lowest BCUT2D eigenvalue weighted by Crippen LogP contribution is -1.98. The van der Waals surface area contributed by atoms with E-state index < -0.39 is 0 Å². The van der Waals surface area contributed by atoms with Gasteiger partial charge in [0.2, 0.25) is 0 Å². The second-order valence-corrected chi connectivity index (χ2v) is 4.70. The first kappa shape index (κ1) is 12.5. The van der Waals surface area contributed by atoms with Gasteiger partial charge in [0.05, 0.1) is 7.11 Å². The van der Waals surface area contributed by atoms with Crippen LogP contribution in [0.5, 0.6) is 5.75 Å². The summed E-state index contributed by atoms with van der Waals surface area (Å²) >= 11 is 0. The zero-order valence-electron chi connectivity index (χ0n) is 11.2. The second kappa shape index (κ2) is 5.21. The largest absolute Gasteiger partial charge is 0.497 e. The van der Waals surface area contributed by atoms with Crippen LogP contribution in [0.15, 0.2) is 54.7 Å². The van der Waals surface area contributed by atoms with Crippen molar-refractivity contribution in [2.45, 2.75) is 6.54 Å². The fraction of sp³-hybridized carbons (Fsp3) is 0.118. The first-order valence-electron chi connectivity index (χ1n) is 6.48. The van der Waals surface area contributed by atoms with Crippen molar-refractivity contribution in [3.8, 4) is 5.75 Å². The number of rotatable bonds is 4. The number of carbonyl (C=O) groups excluding carboxylic acids is 1. The lowest BCUT2D eigenvalue weighted by atomic mass is 10.2. The maximum atomic E-state index is 11.2. The van der Waals surface area contributed by atoms with E-state index in [0.717, 1.165) is 34.1 Å². The average molecular weight is 265 g/mol. The zero-order chi connectivity index (χ0) is 13.9. The van der Waals surface area contributed by atoms with Gasteiger partial charge in [0.25, 0.3) is 0 Å². The monoisotopic (exact) mass is 265 g/mol. The highest BCUT2D eigenvalue weighted by Gasteiger charge is 2.07. The molecule has 0 bridgehead atoms. The molecule has 0 aliphatic rings. The minimum atomic E-state index is 0.714. The van der Waals surface area contributed by atoms with Crippen LogP contribution < -0.4 is 4.74 Å². The summed E-state index contributed by atoms with van der Waals surface area (Å²) in [6.45, 7) is 0.714. The van der Waals surface area contributed by atoms with Crippen molar-refractivity contribution < 1.29 is 9.53 Å². The molecule has 3 aromatic rings. The lowest BCUT2D eigenvalue weighted by Gasteiger charge is -2.07. The summed E-state index contributed by atoms with van der Waals surface area (Å²) in [7, 11) is 1.66. The third kappa shape index (κ3) is 2.18. The molecule has 0 radical (unpaired) electrons. The lowest BCUT2D eigenvalue weighted by molar-refractivity contribution is 0.112. The SMILES string of the molecule is COc1cccc(Cn2cc(C=O)c3ccccc32)c1. The molecule has 0 spiro atoms. The van der Waals surface area contributed by atoms with Gasteiger partial charge in [-0.1, -0.05) is 30.3 Å². The summed E-state index contributed by atoms with van der Waals surface area (Å²) in [5.74, 6) is 0.842. The quantitative estimate of drug-likeness (QED) is 0.676. The van der Waals surface area contributed by atoms with Crippen molar-refractivity contribution in [3.63, 3.8) is 0 Å². The smallest absolute Gasteiger partial charge is 0.152 e. The number of hydrogen-bond acceptors (Lipinski definition) is 2. The molecule has 0 fully saturated rings. The number of benzene rings is 2. The summed E-state index contributed by atoms with van der Waals surface area (Å²) in [5.41, 5.74) is 2.93. The van der Waals surface area contributed by atoms with E-state index in [0.29, 0.717) is 6.54 Å². The first-order valence-corrected chi connectivity index (χ1v) is 6.48. The van der Waals surface area contributed by atoms with Gasteiger partial charge in [-0.25, -0.2) is 0 Å². The number of fused-ring (bicyclic) bond motifs is 1. The van der Waals surface area contributed by atoms with Gasteiger partial charge in [-0.15, -0.1) is 0 Å². The molecule has 1 heterocycles. The summed E-state index contributed by atoms with van der Waals surface area (Å²) in [5, 5.41) is 0.991. The van der Waals surface area contributed by atoms with Crippen LogP contribution in [-0.4, -0.2) is 18.0 Å². The van der Waals surface area contributed by atoms with Gasteiger partial charge in [-0.2, -0.15) is 0 Å². The van der Waals surface area contributed by atoms with E-state index in [4.69, 9.17) is 4.74 Å². The van der Waals surface area contributed by atoms with Gasteiger partial charge in [0.1, 0.15) is 5.75 Å². The molecule has 0 amide bonds. The number of aromatic nitrogens is 1. The van der Waals surface area contributed by atoms with Crippen LogP contribution in [-0.2, 0) is 6.54 Å². The standard InChI is InChI=1S/C17H15NO2/c1-20-15-6-4-5-13(9-15)10-18-11-14(12-19)16-7-2-3-8-17(16)18/h2-9,11-12H,10H2,1H3. The Morgan fingerprint density at radius 1 is 1.15 bits per heavy atom. The Balaban J connectivity index is 2.04. The predicted octanol–water partition coefficient (Wildman–Crippen LogP) is 3.51. The molecule has 3 rings (SSSR count). The van der Waals surface area contributed by atoms with Crippen LogP contribution in [0.4, 0.5) is 0 Å². The highest BCUT2D eigenvalue weighted by Crippen LogP contribution is 2.22. The molecule has 0 saturated heterocycles. The van der Waals surface area contributed by atoms with Crippen LogP contribution in [0.1, 0.15) is 15.9 Å². The molecule has 3 heteroatoms. The number of aldehydes is 1. The Bertz CT molecular complexity index is 759. The van der Waals surface area contributed by atoms with Gasteiger partial charge in [-0.05, 0) is 23.8 Å². The molecule has 0 aliphatic heterocycles. The molecule has 0 saturated carbocycles. The van der Waals surface area contributed by atoms with E-state index in [1.165, 1.54) is 0 Å². The van der Waals surface area contributed by atoms with Gasteiger partial charge in [0, 0.05) is 29.2 Å². The van der Waals surface area contributed by atoms with E-state index in [9.17, 15) is 4.79 Å². The van der Waals surface area contributed by atoms with Crippen LogP contribution in [0.3, 0.4) is 0 Å². The molecule has 0 unspecified atom stereocenters. The molecular formula is C17H15NO2. The van der Waals surface area contributed by atoms with Gasteiger partial charge in [-0.3, -0.25) is 4.79 Å². The number of nitrogens with zero attached hydrogens (tertiary/aromatic N) is 1. The minimum Gasteiger partial charge on any atom is -0.497 e.